The van der Waals surface area contributed by atoms with E-state index >= 15 is 0 Å². The van der Waals surface area contributed by atoms with Crippen molar-refractivity contribution < 1.29 is 14.7 Å². The minimum atomic E-state index is -1.01. The zero-order valence-corrected chi connectivity index (χ0v) is 18.2. The lowest BCUT2D eigenvalue weighted by Crippen LogP contribution is -2.42. The van der Waals surface area contributed by atoms with Gasteiger partial charge in [-0.05, 0) is 50.2 Å². The van der Waals surface area contributed by atoms with E-state index in [9.17, 15) is 9.59 Å². The molecule has 2 aromatic carbocycles. The number of carboxylic acid groups (broad SMARTS) is 1. The Hall–Kier alpha value is -2.03. The molecule has 1 heterocycles. The Bertz CT molecular complexity index is 933. The highest BCUT2D eigenvalue weighted by atomic mass is 32.2. The first-order valence-electron chi connectivity index (χ1n) is 8.69. The topological polar surface area (TPSA) is 60.9 Å². The molecule has 1 amide bonds. The number of carbonyl (C=O) groups excluding carboxylic acids is 1. The third kappa shape index (κ3) is 3.90. The van der Waals surface area contributed by atoms with Crippen molar-refractivity contribution in [1.29, 1.82) is 0 Å². The highest BCUT2D eigenvalue weighted by Gasteiger charge is 2.42. The first-order valence-corrected chi connectivity index (χ1v) is 10.7. The van der Waals surface area contributed by atoms with E-state index in [0.29, 0.717) is 10.0 Å². The third-order valence-corrected chi connectivity index (χ3v) is 7.46. The van der Waals surface area contributed by atoms with Crippen molar-refractivity contribution in [1.82, 2.24) is 0 Å². The molecule has 146 valence electrons. The number of hydrogen-bond acceptors (Lipinski definition) is 6. The van der Waals surface area contributed by atoms with E-state index in [-0.39, 0.29) is 15.7 Å². The zero-order valence-electron chi connectivity index (χ0n) is 15.7. The van der Waals surface area contributed by atoms with Crippen LogP contribution in [0.4, 0.5) is 11.4 Å². The second kappa shape index (κ2) is 8.14. The maximum Gasteiger partial charge on any atom is 0.335 e. The molecule has 0 bridgehead atoms. The molecule has 28 heavy (non-hydrogen) atoms. The van der Waals surface area contributed by atoms with Crippen LogP contribution in [0, 0.1) is 0 Å². The number of carbonyl (C=O) groups is 2. The minimum absolute atomic E-state index is 0.164. The molecule has 3 rings (SSSR count). The fraction of sp³-hybridized carbons (Fsp3) is 0.250. The van der Waals surface area contributed by atoms with E-state index in [0.717, 1.165) is 12.2 Å². The van der Waals surface area contributed by atoms with E-state index in [2.05, 4.69) is 30.9 Å². The number of carboxylic acids is 1. The largest absolute Gasteiger partial charge is 0.478 e. The number of rotatable bonds is 4. The van der Waals surface area contributed by atoms with Gasteiger partial charge in [0, 0.05) is 18.4 Å². The molecule has 0 radical (unpaired) electrons. The number of benzene rings is 2. The van der Waals surface area contributed by atoms with Gasteiger partial charge in [-0.25, -0.2) is 4.79 Å². The molecule has 0 fully saturated rings. The molecule has 5 nitrogen and oxygen atoms in total. The number of anilines is 2. The van der Waals surface area contributed by atoms with Gasteiger partial charge in [-0.15, -0.1) is 0 Å². The summed E-state index contributed by atoms with van der Waals surface area (Å²) in [5, 5.41) is 9.08. The van der Waals surface area contributed by atoms with Crippen LogP contribution in [0.1, 0.15) is 31.1 Å². The van der Waals surface area contributed by atoms with Crippen LogP contribution in [0.15, 0.2) is 53.4 Å². The van der Waals surface area contributed by atoms with E-state index in [1.807, 2.05) is 12.1 Å². The van der Waals surface area contributed by atoms with Gasteiger partial charge in [0.2, 0.25) is 5.91 Å². The van der Waals surface area contributed by atoms with Crippen molar-refractivity contribution in [2.75, 3.05) is 16.3 Å². The Morgan fingerprint density at radius 2 is 1.86 bits per heavy atom. The van der Waals surface area contributed by atoms with Crippen LogP contribution in [-0.4, -0.2) is 32.1 Å². The van der Waals surface area contributed by atoms with Crippen LogP contribution in [-0.2, 0) is 4.79 Å². The standard InChI is InChI=1S/C20H20N2O3S3/c1-4-21-16-7-5-6-8-17(16)27-20(21,3)28-19(26)22(13(2)23)15-11-9-14(10-12-15)18(24)25/h5-12H,4H2,1-3H3,(H,24,25). The van der Waals surface area contributed by atoms with Gasteiger partial charge >= 0.3 is 5.97 Å². The summed E-state index contributed by atoms with van der Waals surface area (Å²) < 4.78 is 0.0429. The van der Waals surface area contributed by atoms with Gasteiger partial charge in [0.15, 0.2) is 4.32 Å². The number of thiocarbonyl (C=S) groups is 1. The zero-order chi connectivity index (χ0) is 20.5. The highest BCUT2D eigenvalue weighted by Crippen LogP contribution is 2.55. The number of aromatic carboxylic acids is 1. The predicted octanol–water partition coefficient (Wildman–Crippen LogP) is 5.06. The summed E-state index contributed by atoms with van der Waals surface area (Å²) in [6, 6.07) is 14.4. The van der Waals surface area contributed by atoms with E-state index in [4.69, 9.17) is 17.3 Å². The van der Waals surface area contributed by atoms with Gasteiger partial charge in [-0.2, -0.15) is 0 Å². The monoisotopic (exact) mass is 432 g/mol. The number of fused-ring (bicyclic) bond motifs is 1. The fourth-order valence-corrected chi connectivity index (χ4v) is 6.87. The molecule has 1 atom stereocenters. The lowest BCUT2D eigenvalue weighted by Gasteiger charge is -2.36. The number of hydrogen-bond donors (Lipinski definition) is 1. The lowest BCUT2D eigenvalue weighted by atomic mass is 10.2. The summed E-state index contributed by atoms with van der Waals surface area (Å²) in [7, 11) is 0. The summed E-state index contributed by atoms with van der Waals surface area (Å²) in [6.45, 7) is 6.46. The number of nitrogens with zero attached hydrogens (tertiary/aromatic N) is 2. The Morgan fingerprint density at radius 3 is 2.43 bits per heavy atom. The van der Waals surface area contributed by atoms with Gasteiger partial charge < -0.3 is 10.0 Å². The quantitative estimate of drug-likeness (QED) is 0.678. The Morgan fingerprint density at radius 1 is 1.21 bits per heavy atom. The van der Waals surface area contributed by atoms with Crippen LogP contribution in [0.25, 0.3) is 0 Å². The normalized spacial score (nSPS) is 17.9. The molecule has 1 aliphatic rings. The summed E-state index contributed by atoms with van der Waals surface area (Å²) in [4.78, 5) is 28.3. The van der Waals surface area contributed by atoms with Gasteiger partial charge in [0.05, 0.1) is 16.9 Å². The molecule has 2 aromatic rings. The average molecular weight is 433 g/mol. The van der Waals surface area contributed by atoms with Crippen molar-refractivity contribution in [3.05, 3.63) is 54.1 Å². The Balaban J connectivity index is 1.87. The average Bonchev–Trinajstić information content (AvgIpc) is 2.92. The van der Waals surface area contributed by atoms with Crippen molar-refractivity contribution in [2.24, 2.45) is 0 Å². The van der Waals surface area contributed by atoms with Crippen molar-refractivity contribution in [2.45, 2.75) is 29.9 Å². The minimum Gasteiger partial charge on any atom is -0.478 e. The Kier molecular flexibility index (Phi) is 6.02. The number of para-hydroxylation sites is 1. The summed E-state index contributed by atoms with van der Waals surface area (Å²) >= 11 is 8.82. The summed E-state index contributed by atoms with van der Waals surface area (Å²) in [5.41, 5.74) is 1.88. The maximum atomic E-state index is 12.3. The molecule has 0 saturated heterocycles. The maximum absolute atomic E-state index is 12.3. The number of amides is 1. The van der Waals surface area contributed by atoms with Crippen molar-refractivity contribution in [3.63, 3.8) is 0 Å². The fourth-order valence-electron chi connectivity index (χ4n) is 3.15. The predicted molar refractivity (Wildman–Crippen MR) is 120 cm³/mol. The van der Waals surface area contributed by atoms with Crippen LogP contribution in [0.2, 0.25) is 0 Å². The Labute approximate surface area is 178 Å². The molecule has 8 heteroatoms. The van der Waals surface area contributed by atoms with Gasteiger partial charge in [-0.3, -0.25) is 9.69 Å². The van der Waals surface area contributed by atoms with E-state index < -0.39 is 5.97 Å². The van der Waals surface area contributed by atoms with Gasteiger partial charge in [0.1, 0.15) is 4.20 Å². The first-order chi connectivity index (χ1) is 13.3. The second-order valence-corrected chi connectivity index (χ2v) is 10.0. The molecule has 0 aromatic heterocycles. The van der Waals surface area contributed by atoms with Crippen LogP contribution < -0.4 is 9.80 Å². The van der Waals surface area contributed by atoms with E-state index in [1.165, 1.54) is 40.6 Å². The molecular weight excluding hydrogens is 412 g/mol. The molecule has 0 spiro atoms. The van der Waals surface area contributed by atoms with Gasteiger partial charge in [0.25, 0.3) is 0 Å². The molecule has 0 aliphatic carbocycles. The SMILES string of the molecule is CCN1c2ccccc2SC1(C)SC(=S)N(C(C)=O)c1ccc(C(=O)O)cc1. The highest BCUT2D eigenvalue weighted by molar-refractivity contribution is 8.31. The lowest BCUT2D eigenvalue weighted by molar-refractivity contribution is -0.115. The van der Waals surface area contributed by atoms with Crippen molar-refractivity contribution >= 4 is 63.3 Å². The molecule has 1 aliphatic heterocycles. The molecular formula is C20H20N2O3S3. The van der Waals surface area contributed by atoms with Crippen molar-refractivity contribution in [3.8, 4) is 0 Å². The van der Waals surface area contributed by atoms with Crippen LogP contribution >= 0.6 is 35.7 Å². The van der Waals surface area contributed by atoms with Gasteiger partial charge in [-0.1, -0.05) is 47.9 Å². The smallest absolute Gasteiger partial charge is 0.335 e. The summed E-state index contributed by atoms with van der Waals surface area (Å²) in [5.74, 6) is -1.23. The van der Waals surface area contributed by atoms with E-state index in [1.54, 1.807) is 23.9 Å². The second-order valence-electron chi connectivity index (χ2n) is 6.29. The molecule has 1 N–H and O–H groups in total. The van der Waals surface area contributed by atoms with Crippen LogP contribution in [0.3, 0.4) is 0 Å². The van der Waals surface area contributed by atoms with Crippen LogP contribution in [0.5, 0.6) is 0 Å². The molecule has 0 saturated carbocycles. The summed E-state index contributed by atoms with van der Waals surface area (Å²) in [6.07, 6.45) is 0. The number of thioether (sulfide) groups is 2. The molecule has 1 unspecified atom stereocenters. The third-order valence-electron chi connectivity index (χ3n) is 4.41. The first kappa shape index (κ1) is 20.7.